The van der Waals surface area contributed by atoms with Gasteiger partial charge in [0, 0.05) is 6.54 Å². The minimum Gasteiger partial charge on any atom is -0.316 e. The maximum absolute atomic E-state index is 13.0. The maximum Gasteiger partial charge on any atom is 0.417 e. The Balaban J connectivity index is 2.12. The monoisotopic (exact) mass is 297 g/mol. The van der Waals surface area contributed by atoms with Gasteiger partial charge >= 0.3 is 6.18 Å². The van der Waals surface area contributed by atoms with Gasteiger partial charge in [-0.2, -0.15) is 13.2 Å². The second-order valence-corrected chi connectivity index (χ2v) is 5.26. The molecule has 0 amide bonds. The molecule has 0 saturated carbocycles. The van der Waals surface area contributed by atoms with E-state index in [-0.39, 0.29) is 16.8 Å². The molecule has 0 radical (unpaired) electrons. The summed E-state index contributed by atoms with van der Waals surface area (Å²) in [6.07, 6.45) is -2.32. The summed E-state index contributed by atoms with van der Waals surface area (Å²) in [7, 11) is 0. The Morgan fingerprint density at radius 1 is 1.38 bits per heavy atom. The first kappa shape index (κ1) is 14.1. The Morgan fingerprint density at radius 2 is 2.19 bits per heavy atom. The van der Waals surface area contributed by atoms with E-state index >= 15 is 0 Å². The van der Waals surface area contributed by atoms with E-state index in [4.69, 9.17) is 0 Å². The van der Waals surface area contributed by atoms with Gasteiger partial charge in [0.25, 0.3) is 5.56 Å². The lowest BCUT2D eigenvalue weighted by atomic mass is 10.1. The summed E-state index contributed by atoms with van der Waals surface area (Å²) in [5.74, 6) is 0.250. The number of benzene rings is 1. The molecular formula is C14H14F3N3O. The maximum atomic E-state index is 13.0. The van der Waals surface area contributed by atoms with Crippen LogP contribution in [0.5, 0.6) is 0 Å². The molecule has 112 valence electrons. The van der Waals surface area contributed by atoms with Crippen LogP contribution in [0.4, 0.5) is 13.2 Å². The summed E-state index contributed by atoms with van der Waals surface area (Å²) in [4.78, 5) is 16.4. The van der Waals surface area contributed by atoms with Crippen LogP contribution in [0.15, 0.2) is 29.3 Å². The number of hydrogen-bond acceptors (Lipinski definition) is 3. The average Bonchev–Trinajstić information content (AvgIpc) is 2.93. The number of rotatable bonds is 2. The number of aromatic nitrogens is 2. The van der Waals surface area contributed by atoms with Crippen LogP contribution < -0.4 is 10.9 Å². The standard InChI is InChI=1S/C14H14F3N3O/c15-14(16,17)10-2-1-3-11-12(10)13(21)20(8-19-11)7-9-4-5-18-6-9/h1-3,8-9,18H,4-7H2. The Kier molecular flexibility index (Phi) is 3.44. The molecule has 2 heterocycles. The molecule has 4 nitrogen and oxygen atoms in total. The van der Waals surface area contributed by atoms with E-state index in [0.29, 0.717) is 6.54 Å². The van der Waals surface area contributed by atoms with Gasteiger partial charge in [-0.15, -0.1) is 0 Å². The molecule has 21 heavy (non-hydrogen) atoms. The molecule has 1 atom stereocenters. The van der Waals surface area contributed by atoms with E-state index in [9.17, 15) is 18.0 Å². The Bertz CT molecular complexity index is 717. The van der Waals surface area contributed by atoms with E-state index in [1.54, 1.807) is 0 Å². The lowest BCUT2D eigenvalue weighted by molar-refractivity contribution is -0.136. The first-order valence-electron chi connectivity index (χ1n) is 6.73. The molecular weight excluding hydrogens is 283 g/mol. The Labute approximate surface area is 118 Å². The van der Waals surface area contributed by atoms with E-state index in [1.165, 1.54) is 23.0 Å². The third kappa shape index (κ3) is 2.65. The second kappa shape index (κ2) is 5.14. The van der Waals surface area contributed by atoms with Gasteiger partial charge in [0.1, 0.15) is 0 Å². The summed E-state index contributed by atoms with van der Waals surface area (Å²) in [6, 6.07) is 3.61. The van der Waals surface area contributed by atoms with Gasteiger partial charge in [0.15, 0.2) is 0 Å². The van der Waals surface area contributed by atoms with Crippen LogP contribution in [0.25, 0.3) is 10.9 Å². The van der Waals surface area contributed by atoms with Crippen molar-refractivity contribution in [1.82, 2.24) is 14.9 Å². The Morgan fingerprint density at radius 3 is 2.86 bits per heavy atom. The quantitative estimate of drug-likeness (QED) is 0.922. The van der Waals surface area contributed by atoms with Crippen molar-refractivity contribution in [2.75, 3.05) is 13.1 Å². The normalized spacial score (nSPS) is 19.3. The number of hydrogen-bond donors (Lipinski definition) is 1. The van der Waals surface area contributed by atoms with E-state index in [2.05, 4.69) is 10.3 Å². The highest BCUT2D eigenvalue weighted by Gasteiger charge is 2.34. The van der Waals surface area contributed by atoms with Crippen molar-refractivity contribution in [3.63, 3.8) is 0 Å². The highest BCUT2D eigenvalue weighted by Crippen LogP contribution is 2.32. The van der Waals surface area contributed by atoms with Gasteiger partial charge in [-0.1, -0.05) is 6.07 Å². The van der Waals surface area contributed by atoms with E-state index in [1.807, 2.05) is 0 Å². The zero-order chi connectivity index (χ0) is 15.0. The van der Waals surface area contributed by atoms with Crippen molar-refractivity contribution < 1.29 is 13.2 Å². The zero-order valence-corrected chi connectivity index (χ0v) is 11.2. The van der Waals surface area contributed by atoms with Crippen LogP contribution in [-0.2, 0) is 12.7 Å². The minimum absolute atomic E-state index is 0.0793. The van der Waals surface area contributed by atoms with Gasteiger partial charge in [0.2, 0.25) is 0 Å². The fourth-order valence-electron chi connectivity index (χ4n) is 2.72. The molecule has 2 aromatic rings. The molecule has 1 N–H and O–H groups in total. The fraction of sp³-hybridized carbons (Fsp3) is 0.429. The van der Waals surface area contributed by atoms with Gasteiger partial charge in [-0.25, -0.2) is 4.98 Å². The molecule has 1 aliphatic rings. The van der Waals surface area contributed by atoms with Gasteiger partial charge in [0.05, 0.1) is 22.8 Å². The van der Waals surface area contributed by atoms with Crippen LogP contribution in [0.1, 0.15) is 12.0 Å². The van der Waals surface area contributed by atoms with Crippen LogP contribution >= 0.6 is 0 Å². The van der Waals surface area contributed by atoms with Gasteiger partial charge < -0.3 is 5.32 Å². The number of nitrogens with zero attached hydrogens (tertiary/aromatic N) is 2. The zero-order valence-electron chi connectivity index (χ0n) is 11.2. The summed E-state index contributed by atoms with van der Waals surface area (Å²) in [5.41, 5.74) is -1.47. The summed E-state index contributed by atoms with van der Waals surface area (Å²) in [6.45, 7) is 2.03. The highest BCUT2D eigenvalue weighted by atomic mass is 19.4. The topological polar surface area (TPSA) is 46.9 Å². The van der Waals surface area contributed by atoms with Crippen LogP contribution in [0.2, 0.25) is 0 Å². The van der Waals surface area contributed by atoms with Crippen LogP contribution in [0.3, 0.4) is 0 Å². The first-order valence-corrected chi connectivity index (χ1v) is 6.73. The van der Waals surface area contributed by atoms with Crippen molar-refractivity contribution in [2.45, 2.75) is 19.1 Å². The molecule has 1 fully saturated rings. The molecule has 1 saturated heterocycles. The molecule has 0 bridgehead atoms. The average molecular weight is 297 g/mol. The van der Waals surface area contributed by atoms with Crippen molar-refractivity contribution in [3.05, 3.63) is 40.4 Å². The molecule has 0 aliphatic carbocycles. The SMILES string of the molecule is O=c1c2c(C(F)(F)F)cccc2ncn1CC1CCNC1. The summed E-state index contributed by atoms with van der Waals surface area (Å²) in [5, 5.41) is 2.82. The number of fused-ring (bicyclic) bond motifs is 1. The lowest BCUT2D eigenvalue weighted by Crippen LogP contribution is -2.27. The van der Waals surface area contributed by atoms with Gasteiger partial charge in [-0.3, -0.25) is 9.36 Å². The molecule has 7 heteroatoms. The van der Waals surface area contributed by atoms with Crippen LogP contribution in [0, 0.1) is 5.92 Å². The molecule has 1 unspecified atom stereocenters. The second-order valence-electron chi connectivity index (χ2n) is 5.26. The molecule has 1 aromatic carbocycles. The highest BCUT2D eigenvalue weighted by molar-refractivity contribution is 5.81. The van der Waals surface area contributed by atoms with E-state index < -0.39 is 17.3 Å². The number of alkyl halides is 3. The Hall–Kier alpha value is -1.89. The number of nitrogens with one attached hydrogen (secondary N) is 1. The van der Waals surface area contributed by atoms with E-state index in [0.717, 1.165) is 25.6 Å². The van der Waals surface area contributed by atoms with Crippen molar-refractivity contribution >= 4 is 10.9 Å². The third-order valence-electron chi connectivity index (χ3n) is 3.78. The lowest BCUT2D eigenvalue weighted by Gasteiger charge is -2.14. The largest absolute Gasteiger partial charge is 0.417 e. The molecule has 1 aromatic heterocycles. The van der Waals surface area contributed by atoms with Crippen molar-refractivity contribution in [3.8, 4) is 0 Å². The smallest absolute Gasteiger partial charge is 0.316 e. The fourth-order valence-corrected chi connectivity index (χ4v) is 2.72. The van der Waals surface area contributed by atoms with Crippen molar-refractivity contribution in [1.29, 1.82) is 0 Å². The molecule has 1 aliphatic heterocycles. The molecule has 0 spiro atoms. The first-order chi connectivity index (χ1) is 9.97. The predicted octanol–water partition coefficient (Wildman–Crippen LogP) is 2.02. The van der Waals surface area contributed by atoms with Crippen LogP contribution in [-0.4, -0.2) is 22.6 Å². The van der Waals surface area contributed by atoms with Gasteiger partial charge in [-0.05, 0) is 37.6 Å². The predicted molar refractivity (Wildman–Crippen MR) is 72.0 cm³/mol. The van der Waals surface area contributed by atoms with Crippen molar-refractivity contribution in [2.24, 2.45) is 5.92 Å². The summed E-state index contributed by atoms with van der Waals surface area (Å²) < 4.78 is 40.4. The third-order valence-corrected chi connectivity index (χ3v) is 3.78. The summed E-state index contributed by atoms with van der Waals surface area (Å²) >= 11 is 0. The molecule has 3 rings (SSSR count). The minimum atomic E-state index is -4.56. The number of halogens is 3.